The zero-order valence-electron chi connectivity index (χ0n) is 14.6. The molecule has 1 amide bonds. The molecule has 3 aromatic heterocycles. The average Bonchev–Trinajstić information content (AvgIpc) is 3.29. The highest BCUT2D eigenvalue weighted by Gasteiger charge is 2.12. The van der Waals surface area contributed by atoms with Crippen molar-refractivity contribution in [2.75, 3.05) is 5.32 Å². The van der Waals surface area contributed by atoms with Crippen LogP contribution in [0.3, 0.4) is 0 Å². The van der Waals surface area contributed by atoms with E-state index in [1.54, 1.807) is 34.2 Å². The molecule has 8 nitrogen and oxygen atoms in total. The third-order valence-corrected chi connectivity index (χ3v) is 3.93. The zero-order chi connectivity index (χ0) is 18.6. The number of anilines is 1. The molecule has 4 rings (SSSR count). The molecule has 0 bridgehead atoms. The molecule has 0 atom stereocenters. The van der Waals surface area contributed by atoms with Gasteiger partial charge in [0.1, 0.15) is 18.7 Å². The van der Waals surface area contributed by atoms with Crippen LogP contribution < -0.4 is 5.32 Å². The van der Waals surface area contributed by atoms with Crippen LogP contribution in [-0.4, -0.2) is 35.4 Å². The average molecular weight is 359 g/mol. The van der Waals surface area contributed by atoms with Gasteiger partial charge in [-0.1, -0.05) is 18.2 Å². The minimum Gasteiger partial charge on any atom is -0.309 e. The van der Waals surface area contributed by atoms with E-state index in [-0.39, 0.29) is 12.5 Å². The van der Waals surface area contributed by atoms with Crippen LogP contribution in [0.1, 0.15) is 5.69 Å². The van der Waals surface area contributed by atoms with Gasteiger partial charge in [0, 0.05) is 35.8 Å². The van der Waals surface area contributed by atoms with Crippen molar-refractivity contribution in [1.82, 2.24) is 29.5 Å². The predicted octanol–water partition coefficient (Wildman–Crippen LogP) is 2.47. The molecule has 8 heteroatoms. The van der Waals surface area contributed by atoms with Gasteiger partial charge < -0.3 is 5.32 Å². The quantitative estimate of drug-likeness (QED) is 0.591. The van der Waals surface area contributed by atoms with Crippen LogP contribution in [-0.2, 0) is 11.3 Å². The third-order valence-electron chi connectivity index (χ3n) is 3.93. The molecule has 1 N–H and O–H groups in total. The van der Waals surface area contributed by atoms with Crippen LogP contribution in [0.25, 0.3) is 16.8 Å². The van der Waals surface area contributed by atoms with E-state index in [4.69, 9.17) is 0 Å². The lowest BCUT2D eigenvalue weighted by Crippen LogP contribution is -2.20. The monoisotopic (exact) mass is 359 g/mol. The second kappa shape index (κ2) is 7.20. The van der Waals surface area contributed by atoms with Crippen LogP contribution in [0.4, 0.5) is 5.82 Å². The van der Waals surface area contributed by atoms with Crippen LogP contribution in [0.2, 0.25) is 0 Å². The van der Waals surface area contributed by atoms with E-state index in [1.165, 1.54) is 6.33 Å². The summed E-state index contributed by atoms with van der Waals surface area (Å²) >= 11 is 0. The Kier molecular flexibility index (Phi) is 4.44. The van der Waals surface area contributed by atoms with E-state index in [1.807, 2.05) is 43.3 Å². The Morgan fingerprint density at radius 3 is 2.63 bits per heavy atom. The van der Waals surface area contributed by atoms with E-state index in [0.29, 0.717) is 5.82 Å². The van der Waals surface area contributed by atoms with Crippen LogP contribution >= 0.6 is 0 Å². The fourth-order valence-corrected chi connectivity index (χ4v) is 2.73. The van der Waals surface area contributed by atoms with Crippen molar-refractivity contribution >= 4 is 11.7 Å². The van der Waals surface area contributed by atoms with Gasteiger partial charge in [-0.3, -0.25) is 9.48 Å². The first-order chi connectivity index (χ1) is 13.2. The summed E-state index contributed by atoms with van der Waals surface area (Å²) < 4.78 is 3.29. The summed E-state index contributed by atoms with van der Waals surface area (Å²) in [6.45, 7) is 1.98. The highest BCUT2D eigenvalue weighted by Crippen LogP contribution is 2.18. The Hall–Kier alpha value is -3.81. The molecule has 3 heterocycles. The minimum absolute atomic E-state index is 0.0900. The summed E-state index contributed by atoms with van der Waals surface area (Å²) in [5.41, 5.74) is 3.40. The van der Waals surface area contributed by atoms with Crippen molar-refractivity contribution in [3.63, 3.8) is 0 Å². The first-order valence-corrected chi connectivity index (χ1v) is 8.39. The van der Waals surface area contributed by atoms with E-state index in [2.05, 4.69) is 25.5 Å². The van der Waals surface area contributed by atoms with Gasteiger partial charge in [0.2, 0.25) is 5.91 Å². The number of amides is 1. The molecule has 0 fully saturated rings. The summed E-state index contributed by atoms with van der Waals surface area (Å²) in [5.74, 6) is 0.429. The fraction of sp³-hybridized carbons (Fsp3) is 0.105. The molecule has 0 saturated carbocycles. The highest BCUT2D eigenvalue weighted by molar-refractivity contribution is 5.90. The maximum Gasteiger partial charge on any atom is 0.247 e. The normalized spacial score (nSPS) is 10.7. The zero-order valence-corrected chi connectivity index (χ0v) is 14.6. The number of nitrogens with one attached hydrogen (secondary N) is 1. The molecule has 134 valence electrons. The molecule has 0 radical (unpaired) electrons. The van der Waals surface area contributed by atoms with Crippen molar-refractivity contribution in [1.29, 1.82) is 0 Å². The highest BCUT2D eigenvalue weighted by atomic mass is 16.2. The first-order valence-electron chi connectivity index (χ1n) is 8.39. The van der Waals surface area contributed by atoms with Gasteiger partial charge in [-0.2, -0.15) is 10.2 Å². The largest absolute Gasteiger partial charge is 0.309 e. The van der Waals surface area contributed by atoms with Crippen molar-refractivity contribution in [2.24, 2.45) is 0 Å². The molecule has 0 saturated heterocycles. The predicted molar refractivity (Wildman–Crippen MR) is 100 cm³/mol. The van der Waals surface area contributed by atoms with E-state index >= 15 is 0 Å². The Balaban J connectivity index is 1.49. The SMILES string of the molecule is Cc1cc(NC(=O)Cn2cc(-c3cncnc3)cn2)n(-c2ccccc2)n1. The molecule has 0 unspecified atom stereocenters. The number of benzene rings is 1. The lowest BCUT2D eigenvalue weighted by molar-refractivity contribution is -0.116. The number of aromatic nitrogens is 6. The van der Waals surface area contributed by atoms with Gasteiger partial charge in [-0.05, 0) is 19.1 Å². The van der Waals surface area contributed by atoms with Crippen molar-refractivity contribution in [3.05, 3.63) is 73.2 Å². The number of carbonyl (C=O) groups is 1. The van der Waals surface area contributed by atoms with Crippen molar-refractivity contribution in [3.8, 4) is 16.8 Å². The Morgan fingerprint density at radius 1 is 1.07 bits per heavy atom. The lowest BCUT2D eigenvalue weighted by atomic mass is 10.2. The molecular weight excluding hydrogens is 342 g/mol. The third kappa shape index (κ3) is 3.74. The Morgan fingerprint density at radius 2 is 1.85 bits per heavy atom. The molecule has 0 aliphatic heterocycles. The summed E-state index contributed by atoms with van der Waals surface area (Å²) in [5, 5.41) is 11.6. The standard InChI is InChI=1S/C19H17N7O/c1-14-7-18(26(24-14)17-5-3-2-4-6-17)23-19(27)12-25-11-16(10-22-25)15-8-20-13-21-9-15/h2-11,13H,12H2,1H3,(H,23,27). The van der Waals surface area contributed by atoms with Gasteiger partial charge in [-0.15, -0.1) is 0 Å². The van der Waals surface area contributed by atoms with Gasteiger partial charge in [-0.25, -0.2) is 14.6 Å². The summed E-state index contributed by atoms with van der Waals surface area (Å²) in [6, 6.07) is 11.5. The lowest BCUT2D eigenvalue weighted by Gasteiger charge is -2.09. The van der Waals surface area contributed by atoms with Crippen molar-refractivity contribution < 1.29 is 4.79 Å². The van der Waals surface area contributed by atoms with Crippen LogP contribution in [0.15, 0.2) is 67.5 Å². The number of aryl methyl sites for hydroxylation is 1. The number of carbonyl (C=O) groups excluding carboxylic acids is 1. The Labute approximate surface area is 155 Å². The maximum atomic E-state index is 12.5. The van der Waals surface area contributed by atoms with E-state index in [9.17, 15) is 4.79 Å². The maximum absolute atomic E-state index is 12.5. The topological polar surface area (TPSA) is 90.5 Å². The van der Waals surface area contributed by atoms with Crippen LogP contribution in [0, 0.1) is 6.92 Å². The Bertz CT molecular complexity index is 1050. The molecular formula is C19H17N7O. The number of nitrogens with zero attached hydrogens (tertiary/aromatic N) is 6. The summed E-state index contributed by atoms with van der Waals surface area (Å²) in [4.78, 5) is 20.5. The fourth-order valence-electron chi connectivity index (χ4n) is 2.73. The van der Waals surface area contributed by atoms with Gasteiger partial charge >= 0.3 is 0 Å². The van der Waals surface area contributed by atoms with Gasteiger partial charge in [0.15, 0.2) is 0 Å². The number of rotatable bonds is 5. The molecule has 27 heavy (non-hydrogen) atoms. The molecule has 0 spiro atoms. The van der Waals surface area contributed by atoms with Crippen molar-refractivity contribution in [2.45, 2.75) is 13.5 Å². The number of para-hydroxylation sites is 1. The van der Waals surface area contributed by atoms with E-state index in [0.717, 1.165) is 22.5 Å². The van der Waals surface area contributed by atoms with Crippen LogP contribution in [0.5, 0.6) is 0 Å². The number of hydrogen-bond acceptors (Lipinski definition) is 5. The smallest absolute Gasteiger partial charge is 0.247 e. The number of hydrogen-bond donors (Lipinski definition) is 1. The molecule has 0 aliphatic rings. The molecule has 1 aromatic carbocycles. The summed E-state index contributed by atoms with van der Waals surface area (Å²) in [6.07, 6.45) is 8.35. The minimum atomic E-state index is -0.189. The van der Waals surface area contributed by atoms with E-state index < -0.39 is 0 Å². The molecule has 4 aromatic rings. The second-order valence-electron chi connectivity index (χ2n) is 6.02. The van der Waals surface area contributed by atoms with Gasteiger partial charge in [0.25, 0.3) is 0 Å². The van der Waals surface area contributed by atoms with Gasteiger partial charge in [0.05, 0.1) is 17.6 Å². The molecule has 0 aliphatic carbocycles. The summed E-state index contributed by atoms with van der Waals surface area (Å²) in [7, 11) is 0. The first kappa shape index (κ1) is 16.6. The second-order valence-corrected chi connectivity index (χ2v) is 6.02.